The Bertz CT molecular complexity index is 556. The highest BCUT2D eigenvalue weighted by Gasteiger charge is 2.09. The predicted molar refractivity (Wildman–Crippen MR) is 66.9 cm³/mol. The molecule has 1 aromatic carbocycles. The van der Waals surface area contributed by atoms with Crippen LogP contribution in [0.1, 0.15) is 25.5 Å². The van der Waals surface area contributed by atoms with E-state index in [1.807, 2.05) is 12.1 Å². The molecule has 5 nitrogen and oxygen atoms in total. The van der Waals surface area contributed by atoms with Crippen molar-refractivity contribution in [2.24, 2.45) is 5.73 Å². The number of fused-ring (bicyclic) bond motifs is 1. The Morgan fingerprint density at radius 3 is 2.94 bits per heavy atom. The first-order valence-electron chi connectivity index (χ1n) is 5.68. The van der Waals surface area contributed by atoms with Crippen molar-refractivity contribution in [1.29, 1.82) is 0 Å². The second-order valence-electron chi connectivity index (χ2n) is 4.44. The van der Waals surface area contributed by atoms with Crippen LogP contribution in [0.3, 0.4) is 0 Å². The number of benzene rings is 1. The van der Waals surface area contributed by atoms with Crippen molar-refractivity contribution in [3.8, 4) is 0 Å². The lowest BCUT2D eigenvalue weighted by Crippen LogP contribution is -2.31. The number of nitrogens with two attached hydrogens (primary N) is 1. The highest BCUT2D eigenvalue weighted by molar-refractivity contribution is 5.72. The number of hydrogen-bond donors (Lipinski definition) is 3. The highest BCUT2D eigenvalue weighted by Crippen LogP contribution is 2.16. The Kier molecular flexibility index (Phi) is 3.31. The summed E-state index contributed by atoms with van der Waals surface area (Å²) in [6.45, 7) is 4.83. The van der Waals surface area contributed by atoms with E-state index in [1.54, 1.807) is 6.07 Å². The molecule has 1 atom stereocenters. The summed E-state index contributed by atoms with van der Waals surface area (Å²) in [6.07, 6.45) is 0. The van der Waals surface area contributed by atoms with Gasteiger partial charge < -0.3 is 15.5 Å². The lowest BCUT2D eigenvalue weighted by Gasteiger charge is -2.15. The standard InChI is InChI=1S/C12H17N3O2/c1-7(2)14-6-9(13)8-3-4-10-11(5-8)17-12(16)15-10/h3-5,7,9,14H,6,13H2,1-2H3,(H,15,16). The van der Waals surface area contributed by atoms with Gasteiger partial charge in [0, 0.05) is 18.6 Å². The first-order valence-corrected chi connectivity index (χ1v) is 5.68. The molecule has 0 bridgehead atoms. The van der Waals surface area contributed by atoms with Crippen LogP contribution < -0.4 is 16.8 Å². The Labute approximate surface area is 99.0 Å². The molecule has 0 saturated heterocycles. The molecule has 5 heteroatoms. The van der Waals surface area contributed by atoms with E-state index in [2.05, 4.69) is 24.1 Å². The smallest absolute Gasteiger partial charge is 0.408 e. The maximum Gasteiger partial charge on any atom is 0.417 e. The number of nitrogens with one attached hydrogen (secondary N) is 2. The van der Waals surface area contributed by atoms with Gasteiger partial charge in [0.05, 0.1) is 5.52 Å². The van der Waals surface area contributed by atoms with Crippen LogP contribution in [0.5, 0.6) is 0 Å². The fraction of sp³-hybridized carbons (Fsp3) is 0.417. The molecule has 1 heterocycles. The van der Waals surface area contributed by atoms with E-state index >= 15 is 0 Å². The molecule has 92 valence electrons. The minimum Gasteiger partial charge on any atom is -0.408 e. The molecule has 0 radical (unpaired) electrons. The lowest BCUT2D eigenvalue weighted by atomic mass is 10.1. The third-order valence-corrected chi connectivity index (χ3v) is 2.62. The van der Waals surface area contributed by atoms with Crippen LogP contribution in [0.25, 0.3) is 11.1 Å². The van der Waals surface area contributed by atoms with Crippen molar-refractivity contribution in [3.05, 3.63) is 34.3 Å². The van der Waals surface area contributed by atoms with Crippen LogP contribution in [0.15, 0.2) is 27.4 Å². The molecule has 0 amide bonds. The molecule has 0 aliphatic carbocycles. The maximum atomic E-state index is 11.0. The van der Waals surface area contributed by atoms with Crippen LogP contribution in [0.2, 0.25) is 0 Å². The first-order chi connectivity index (χ1) is 8.06. The predicted octanol–water partition coefficient (Wildman–Crippen LogP) is 1.12. The van der Waals surface area contributed by atoms with E-state index in [0.717, 1.165) is 5.56 Å². The number of oxazole rings is 1. The van der Waals surface area contributed by atoms with Gasteiger partial charge in [-0.05, 0) is 17.7 Å². The largest absolute Gasteiger partial charge is 0.417 e. The summed E-state index contributed by atoms with van der Waals surface area (Å²) in [7, 11) is 0. The van der Waals surface area contributed by atoms with Crippen LogP contribution in [0.4, 0.5) is 0 Å². The van der Waals surface area contributed by atoms with Gasteiger partial charge in [-0.3, -0.25) is 4.98 Å². The second kappa shape index (κ2) is 4.73. The van der Waals surface area contributed by atoms with Crippen molar-refractivity contribution in [1.82, 2.24) is 10.3 Å². The molecule has 1 aromatic heterocycles. The molecule has 0 aliphatic rings. The lowest BCUT2D eigenvalue weighted by molar-refractivity contribution is 0.535. The van der Waals surface area contributed by atoms with Gasteiger partial charge in [-0.1, -0.05) is 19.9 Å². The van der Waals surface area contributed by atoms with E-state index < -0.39 is 5.76 Å². The van der Waals surface area contributed by atoms with Crippen LogP contribution in [0, 0.1) is 0 Å². The zero-order valence-electron chi connectivity index (χ0n) is 9.99. The van der Waals surface area contributed by atoms with Gasteiger partial charge in [0.2, 0.25) is 0 Å². The molecule has 2 aromatic rings. The van der Waals surface area contributed by atoms with Crippen LogP contribution in [-0.2, 0) is 0 Å². The molecule has 0 saturated carbocycles. The number of H-pyrrole nitrogens is 1. The van der Waals surface area contributed by atoms with Gasteiger partial charge in [0.25, 0.3) is 0 Å². The molecule has 1 unspecified atom stereocenters. The number of aromatic amines is 1. The minimum absolute atomic E-state index is 0.109. The topological polar surface area (TPSA) is 84.0 Å². The average Bonchev–Trinajstić information content (AvgIpc) is 2.64. The zero-order valence-corrected chi connectivity index (χ0v) is 9.99. The number of hydrogen-bond acceptors (Lipinski definition) is 4. The van der Waals surface area contributed by atoms with Gasteiger partial charge in [0.15, 0.2) is 5.58 Å². The summed E-state index contributed by atoms with van der Waals surface area (Å²) in [5.41, 5.74) is 8.25. The van der Waals surface area contributed by atoms with Crippen molar-refractivity contribution in [2.75, 3.05) is 6.54 Å². The molecular weight excluding hydrogens is 218 g/mol. The zero-order chi connectivity index (χ0) is 12.4. The van der Waals surface area contributed by atoms with E-state index in [0.29, 0.717) is 23.7 Å². The summed E-state index contributed by atoms with van der Waals surface area (Å²) in [5, 5.41) is 3.27. The van der Waals surface area contributed by atoms with Crippen molar-refractivity contribution in [2.45, 2.75) is 25.9 Å². The average molecular weight is 235 g/mol. The van der Waals surface area contributed by atoms with E-state index in [4.69, 9.17) is 10.2 Å². The molecular formula is C12H17N3O2. The van der Waals surface area contributed by atoms with Crippen molar-refractivity contribution in [3.63, 3.8) is 0 Å². The summed E-state index contributed by atoms with van der Waals surface area (Å²) in [5.74, 6) is -0.439. The summed E-state index contributed by atoms with van der Waals surface area (Å²) < 4.78 is 5.00. The van der Waals surface area contributed by atoms with Gasteiger partial charge in [-0.2, -0.15) is 0 Å². The fourth-order valence-electron chi connectivity index (χ4n) is 1.67. The van der Waals surface area contributed by atoms with Crippen LogP contribution in [-0.4, -0.2) is 17.6 Å². The number of aromatic nitrogens is 1. The molecule has 0 fully saturated rings. The Balaban J connectivity index is 2.20. The second-order valence-corrected chi connectivity index (χ2v) is 4.44. The van der Waals surface area contributed by atoms with Gasteiger partial charge in [0.1, 0.15) is 0 Å². The van der Waals surface area contributed by atoms with Crippen LogP contribution >= 0.6 is 0 Å². The molecule has 2 rings (SSSR count). The minimum atomic E-state index is -0.439. The molecule has 17 heavy (non-hydrogen) atoms. The SMILES string of the molecule is CC(C)NCC(N)c1ccc2[nH]c(=O)oc2c1. The Morgan fingerprint density at radius 1 is 1.47 bits per heavy atom. The first kappa shape index (κ1) is 11.9. The quantitative estimate of drug-likeness (QED) is 0.741. The normalized spacial score (nSPS) is 13.4. The number of rotatable bonds is 4. The third-order valence-electron chi connectivity index (χ3n) is 2.62. The summed E-state index contributed by atoms with van der Waals surface area (Å²) in [4.78, 5) is 13.6. The van der Waals surface area contributed by atoms with Crippen molar-refractivity contribution < 1.29 is 4.42 Å². The van der Waals surface area contributed by atoms with Gasteiger partial charge in [-0.25, -0.2) is 4.79 Å². The van der Waals surface area contributed by atoms with E-state index in [9.17, 15) is 4.79 Å². The fourth-order valence-corrected chi connectivity index (χ4v) is 1.67. The Morgan fingerprint density at radius 2 is 2.24 bits per heavy atom. The summed E-state index contributed by atoms with van der Waals surface area (Å²) in [6, 6.07) is 5.81. The maximum absolute atomic E-state index is 11.0. The Hall–Kier alpha value is -1.59. The summed E-state index contributed by atoms with van der Waals surface area (Å²) >= 11 is 0. The van der Waals surface area contributed by atoms with Crippen molar-refractivity contribution >= 4 is 11.1 Å². The van der Waals surface area contributed by atoms with E-state index in [-0.39, 0.29) is 6.04 Å². The molecule has 4 N–H and O–H groups in total. The van der Waals surface area contributed by atoms with Gasteiger partial charge in [-0.15, -0.1) is 0 Å². The highest BCUT2D eigenvalue weighted by atomic mass is 16.4. The van der Waals surface area contributed by atoms with E-state index in [1.165, 1.54) is 0 Å². The monoisotopic (exact) mass is 235 g/mol. The third kappa shape index (κ3) is 2.75. The molecule has 0 spiro atoms. The van der Waals surface area contributed by atoms with Gasteiger partial charge >= 0.3 is 5.76 Å². The molecule has 0 aliphatic heterocycles.